The maximum Gasteiger partial charge on any atom is 0.310 e. The zero-order valence-electron chi connectivity index (χ0n) is 14.7. The van der Waals surface area contributed by atoms with Gasteiger partial charge >= 0.3 is 11.9 Å². The van der Waals surface area contributed by atoms with Gasteiger partial charge in [-0.15, -0.1) is 0 Å². The lowest BCUT2D eigenvalue weighted by Crippen LogP contribution is -2.36. The van der Waals surface area contributed by atoms with Crippen molar-refractivity contribution in [3.63, 3.8) is 0 Å². The molecule has 6 heteroatoms. The van der Waals surface area contributed by atoms with Crippen LogP contribution in [0.4, 0.5) is 0 Å². The normalized spacial score (nSPS) is 14.9. The fraction of sp³-hybridized carbons (Fsp3) is 0.812. The van der Waals surface area contributed by atoms with Crippen LogP contribution in [0.15, 0.2) is 0 Å². The Kier molecular flexibility index (Phi) is 7.22. The Morgan fingerprint density at radius 1 is 0.909 bits per heavy atom. The number of ether oxygens (including phenoxy) is 2. The molecule has 0 aliphatic carbocycles. The zero-order valence-corrected chi connectivity index (χ0v) is 14.7. The van der Waals surface area contributed by atoms with Crippen molar-refractivity contribution < 1.29 is 23.9 Å². The first-order valence-corrected chi connectivity index (χ1v) is 7.44. The van der Waals surface area contributed by atoms with E-state index >= 15 is 0 Å². The van der Waals surface area contributed by atoms with Crippen molar-refractivity contribution in [2.75, 3.05) is 0 Å². The Morgan fingerprint density at radius 2 is 1.36 bits per heavy atom. The maximum atomic E-state index is 12.2. The number of Topliss-reactive ketones (excluding diaryl/α,β-unsaturated/α-hetero) is 1. The molecule has 2 N–H and O–H groups in total. The van der Waals surface area contributed by atoms with Crippen molar-refractivity contribution in [2.24, 2.45) is 11.7 Å². The highest BCUT2D eigenvalue weighted by Crippen LogP contribution is 2.20. The van der Waals surface area contributed by atoms with Crippen molar-refractivity contribution in [1.82, 2.24) is 0 Å². The summed E-state index contributed by atoms with van der Waals surface area (Å²) in [6, 6.07) is -0.691. The van der Waals surface area contributed by atoms with E-state index in [1.54, 1.807) is 48.5 Å². The molecule has 0 radical (unpaired) electrons. The molecule has 0 bridgehead atoms. The number of esters is 2. The van der Waals surface area contributed by atoms with Gasteiger partial charge in [0.1, 0.15) is 17.0 Å². The molecule has 0 aromatic rings. The molecular weight excluding hydrogens is 286 g/mol. The molecule has 0 saturated heterocycles. The second-order valence-corrected chi connectivity index (χ2v) is 7.48. The Balaban J connectivity index is 4.97. The first-order chi connectivity index (χ1) is 9.71. The van der Waals surface area contributed by atoms with Gasteiger partial charge in [0.05, 0.1) is 18.4 Å². The molecule has 0 rings (SSSR count). The highest BCUT2D eigenvalue weighted by molar-refractivity contribution is 5.89. The predicted molar refractivity (Wildman–Crippen MR) is 83.1 cm³/mol. The summed E-state index contributed by atoms with van der Waals surface area (Å²) in [6.45, 7) is 11.9. The van der Waals surface area contributed by atoms with Gasteiger partial charge in [-0.05, 0) is 48.5 Å². The summed E-state index contributed by atoms with van der Waals surface area (Å²) in [6.07, 6.45) is -0.337. The summed E-state index contributed by atoms with van der Waals surface area (Å²) in [5.41, 5.74) is 4.18. The molecular formula is C16H29NO5. The van der Waals surface area contributed by atoms with Gasteiger partial charge in [0.25, 0.3) is 0 Å². The molecule has 0 unspecified atom stereocenters. The van der Waals surface area contributed by atoms with Crippen LogP contribution in [-0.2, 0) is 23.9 Å². The lowest BCUT2D eigenvalue weighted by atomic mass is 9.96. The number of hydrogen-bond donors (Lipinski definition) is 1. The minimum atomic E-state index is -0.882. The van der Waals surface area contributed by atoms with E-state index in [1.165, 1.54) is 0 Å². The standard InChI is InChI=1S/C16H29NO5/c1-10(17)12(18)8-11(14(20)22-16(5,6)7)9-13(19)21-15(2,3)4/h10-11H,8-9,17H2,1-7H3/t10-,11-/m0/s1. The van der Waals surface area contributed by atoms with Crippen LogP contribution in [-0.4, -0.2) is 35.0 Å². The number of rotatable bonds is 6. The largest absolute Gasteiger partial charge is 0.460 e. The van der Waals surface area contributed by atoms with Gasteiger partial charge in [0, 0.05) is 6.42 Å². The third-order valence-corrected chi connectivity index (χ3v) is 2.53. The van der Waals surface area contributed by atoms with Crippen LogP contribution < -0.4 is 5.73 Å². The summed E-state index contributed by atoms with van der Waals surface area (Å²) < 4.78 is 10.5. The molecule has 0 spiro atoms. The van der Waals surface area contributed by atoms with Crippen LogP contribution >= 0.6 is 0 Å². The number of hydrogen-bond acceptors (Lipinski definition) is 6. The molecule has 0 saturated carbocycles. The highest BCUT2D eigenvalue weighted by Gasteiger charge is 2.31. The van der Waals surface area contributed by atoms with Crippen molar-refractivity contribution in [1.29, 1.82) is 0 Å². The first kappa shape index (κ1) is 20.6. The van der Waals surface area contributed by atoms with E-state index in [1.807, 2.05) is 0 Å². The van der Waals surface area contributed by atoms with Crippen LogP contribution in [0.3, 0.4) is 0 Å². The minimum absolute atomic E-state index is 0.133. The van der Waals surface area contributed by atoms with E-state index in [-0.39, 0.29) is 18.6 Å². The summed E-state index contributed by atoms with van der Waals surface area (Å²) in [5, 5.41) is 0. The third kappa shape index (κ3) is 9.50. The smallest absolute Gasteiger partial charge is 0.310 e. The minimum Gasteiger partial charge on any atom is -0.460 e. The van der Waals surface area contributed by atoms with E-state index in [9.17, 15) is 14.4 Å². The SMILES string of the molecule is C[C@H](N)C(=O)C[C@@H](CC(=O)OC(C)(C)C)C(=O)OC(C)(C)C. The van der Waals surface area contributed by atoms with Crippen molar-refractivity contribution in [3.8, 4) is 0 Å². The van der Waals surface area contributed by atoms with Crippen molar-refractivity contribution in [3.05, 3.63) is 0 Å². The van der Waals surface area contributed by atoms with Crippen LogP contribution in [0.5, 0.6) is 0 Å². The topological polar surface area (TPSA) is 95.7 Å². The lowest BCUT2D eigenvalue weighted by Gasteiger charge is -2.25. The number of carbonyl (C=O) groups is 3. The maximum absolute atomic E-state index is 12.2. The van der Waals surface area contributed by atoms with E-state index in [2.05, 4.69) is 0 Å². The molecule has 22 heavy (non-hydrogen) atoms. The Labute approximate surface area is 132 Å². The zero-order chi connectivity index (χ0) is 17.7. The average Bonchev–Trinajstić information content (AvgIpc) is 2.22. The Bertz CT molecular complexity index is 415. The Morgan fingerprint density at radius 3 is 1.73 bits per heavy atom. The summed E-state index contributed by atoms with van der Waals surface area (Å²) in [4.78, 5) is 35.9. The predicted octanol–water partition coefficient (Wildman–Crippen LogP) is 1.98. The summed E-state index contributed by atoms with van der Waals surface area (Å²) >= 11 is 0. The van der Waals surface area contributed by atoms with Crippen LogP contribution in [0.25, 0.3) is 0 Å². The number of nitrogens with two attached hydrogens (primary N) is 1. The van der Waals surface area contributed by atoms with E-state index in [4.69, 9.17) is 15.2 Å². The molecule has 128 valence electrons. The first-order valence-electron chi connectivity index (χ1n) is 7.44. The van der Waals surface area contributed by atoms with Gasteiger partial charge in [0.15, 0.2) is 0 Å². The summed E-state index contributed by atoms with van der Waals surface area (Å²) in [5.74, 6) is -2.31. The number of carbonyl (C=O) groups excluding carboxylic acids is 3. The molecule has 0 aliphatic rings. The molecule has 0 heterocycles. The van der Waals surface area contributed by atoms with E-state index < -0.39 is 35.1 Å². The lowest BCUT2D eigenvalue weighted by molar-refractivity contribution is -0.168. The van der Waals surface area contributed by atoms with Gasteiger partial charge in [-0.3, -0.25) is 14.4 Å². The van der Waals surface area contributed by atoms with Gasteiger partial charge in [0.2, 0.25) is 0 Å². The van der Waals surface area contributed by atoms with E-state index in [0.717, 1.165) is 0 Å². The number of ketones is 1. The molecule has 0 fully saturated rings. The fourth-order valence-corrected chi connectivity index (χ4v) is 1.64. The molecule has 0 aliphatic heterocycles. The van der Waals surface area contributed by atoms with Gasteiger partial charge in [-0.1, -0.05) is 0 Å². The average molecular weight is 315 g/mol. The monoisotopic (exact) mass is 315 g/mol. The van der Waals surface area contributed by atoms with Crippen molar-refractivity contribution >= 4 is 17.7 Å². The highest BCUT2D eigenvalue weighted by atomic mass is 16.6. The fourth-order valence-electron chi connectivity index (χ4n) is 1.64. The second kappa shape index (κ2) is 7.72. The summed E-state index contributed by atoms with van der Waals surface area (Å²) in [7, 11) is 0. The van der Waals surface area contributed by atoms with Gasteiger partial charge < -0.3 is 15.2 Å². The second-order valence-electron chi connectivity index (χ2n) is 7.48. The quantitative estimate of drug-likeness (QED) is 0.753. The molecule has 2 atom stereocenters. The van der Waals surface area contributed by atoms with Crippen LogP contribution in [0, 0.1) is 5.92 Å². The van der Waals surface area contributed by atoms with Gasteiger partial charge in [-0.25, -0.2) is 0 Å². The van der Waals surface area contributed by atoms with Crippen LogP contribution in [0.2, 0.25) is 0 Å². The molecule has 6 nitrogen and oxygen atoms in total. The van der Waals surface area contributed by atoms with E-state index in [0.29, 0.717) is 0 Å². The van der Waals surface area contributed by atoms with Crippen molar-refractivity contribution in [2.45, 2.75) is 78.6 Å². The molecule has 0 aromatic carbocycles. The van der Waals surface area contributed by atoms with Crippen LogP contribution in [0.1, 0.15) is 61.3 Å². The Hall–Kier alpha value is -1.43. The molecule has 0 amide bonds. The third-order valence-electron chi connectivity index (χ3n) is 2.53. The van der Waals surface area contributed by atoms with Gasteiger partial charge in [-0.2, -0.15) is 0 Å². The molecule has 0 aromatic heterocycles.